The number of rotatable bonds is 6. The van der Waals surface area contributed by atoms with Crippen LogP contribution in [0.1, 0.15) is 31.9 Å². The van der Waals surface area contributed by atoms with Gasteiger partial charge in [-0.1, -0.05) is 24.3 Å². The number of nitrogens with one attached hydrogen (secondary N) is 1. The molecule has 0 bridgehead atoms. The molecule has 2 aromatic carbocycles. The zero-order valence-electron chi connectivity index (χ0n) is 17.4. The van der Waals surface area contributed by atoms with Gasteiger partial charge < -0.3 is 9.64 Å². The number of carbonyl (C=O) groups is 1. The summed E-state index contributed by atoms with van der Waals surface area (Å²) in [5.41, 5.74) is 6.40. The van der Waals surface area contributed by atoms with Crippen molar-refractivity contribution in [3.8, 4) is 5.75 Å². The first kappa shape index (κ1) is 21.0. The molecular formula is C22H24N4O4. The van der Waals surface area contributed by atoms with Crippen LogP contribution in [0.2, 0.25) is 0 Å². The molecule has 0 aliphatic carbocycles. The normalized spacial score (nSPS) is 14.8. The van der Waals surface area contributed by atoms with Gasteiger partial charge in [-0.2, -0.15) is 5.10 Å². The van der Waals surface area contributed by atoms with Gasteiger partial charge in [0.05, 0.1) is 16.7 Å². The molecular weight excluding hydrogens is 384 g/mol. The Bertz CT molecular complexity index is 1040. The molecule has 1 amide bonds. The van der Waals surface area contributed by atoms with Crippen molar-refractivity contribution in [3.05, 3.63) is 69.8 Å². The second-order valence-corrected chi connectivity index (χ2v) is 7.62. The Labute approximate surface area is 175 Å². The van der Waals surface area contributed by atoms with Gasteiger partial charge in [0.15, 0.2) is 12.4 Å². The van der Waals surface area contributed by atoms with Gasteiger partial charge >= 0.3 is 5.69 Å². The molecule has 1 heterocycles. The van der Waals surface area contributed by atoms with Crippen LogP contribution in [0.5, 0.6) is 5.75 Å². The molecule has 30 heavy (non-hydrogen) atoms. The number of hydrazone groups is 1. The monoisotopic (exact) mass is 408 g/mol. The Morgan fingerprint density at radius 1 is 1.30 bits per heavy atom. The summed E-state index contributed by atoms with van der Waals surface area (Å²) in [6.45, 7) is 6.03. The summed E-state index contributed by atoms with van der Waals surface area (Å²) in [7, 11) is 2.06. The van der Waals surface area contributed by atoms with Crippen LogP contribution in [0, 0.1) is 10.1 Å². The largest absolute Gasteiger partial charge is 0.477 e. The fourth-order valence-electron chi connectivity index (χ4n) is 3.34. The molecule has 1 N–H and O–H groups in total. The minimum atomic E-state index is -0.559. The number of nitrogens with zero attached hydrogens (tertiary/aromatic N) is 3. The van der Waals surface area contributed by atoms with Crippen LogP contribution in [-0.4, -0.2) is 36.2 Å². The van der Waals surface area contributed by atoms with Crippen molar-refractivity contribution in [3.63, 3.8) is 0 Å². The lowest BCUT2D eigenvalue weighted by molar-refractivity contribution is -0.385. The maximum Gasteiger partial charge on any atom is 0.310 e. The van der Waals surface area contributed by atoms with Crippen molar-refractivity contribution in [1.29, 1.82) is 0 Å². The number of carbonyl (C=O) groups excluding carboxylic acids is 1. The smallest absolute Gasteiger partial charge is 0.310 e. The first-order valence-corrected chi connectivity index (χ1v) is 9.45. The third kappa shape index (κ3) is 4.48. The third-order valence-electron chi connectivity index (χ3n) is 5.06. The molecule has 0 fully saturated rings. The molecule has 0 saturated carbocycles. The van der Waals surface area contributed by atoms with E-state index < -0.39 is 10.8 Å². The topological polar surface area (TPSA) is 97.1 Å². The van der Waals surface area contributed by atoms with E-state index >= 15 is 0 Å². The quantitative estimate of drug-likeness (QED) is 0.446. The lowest BCUT2D eigenvalue weighted by Crippen LogP contribution is -2.42. The Morgan fingerprint density at radius 3 is 2.77 bits per heavy atom. The molecule has 0 spiro atoms. The number of hydrogen-bond acceptors (Lipinski definition) is 6. The van der Waals surface area contributed by atoms with Crippen LogP contribution in [0.25, 0.3) is 5.57 Å². The second kappa shape index (κ2) is 8.36. The first-order chi connectivity index (χ1) is 14.2. The molecule has 8 heteroatoms. The Kier molecular flexibility index (Phi) is 5.86. The molecule has 1 aliphatic heterocycles. The van der Waals surface area contributed by atoms with E-state index in [1.54, 1.807) is 12.3 Å². The van der Waals surface area contributed by atoms with Gasteiger partial charge in [0, 0.05) is 24.4 Å². The number of ether oxygens (including phenoxy) is 1. The average Bonchev–Trinajstić information content (AvgIpc) is 2.70. The zero-order chi connectivity index (χ0) is 21.9. The highest BCUT2D eigenvalue weighted by Crippen LogP contribution is 2.37. The number of anilines is 1. The Hall–Kier alpha value is -3.68. The summed E-state index contributed by atoms with van der Waals surface area (Å²) < 4.78 is 5.24. The maximum atomic E-state index is 12.0. The van der Waals surface area contributed by atoms with Crippen LogP contribution in [0.15, 0.2) is 53.6 Å². The number of fused-ring (bicyclic) bond motifs is 1. The van der Waals surface area contributed by atoms with E-state index in [1.807, 2.05) is 18.2 Å². The minimum Gasteiger partial charge on any atom is -0.477 e. The van der Waals surface area contributed by atoms with Gasteiger partial charge in [-0.15, -0.1) is 0 Å². The summed E-state index contributed by atoms with van der Waals surface area (Å²) in [5, 5.41) is 14.9. The Balaban J connectivity index is 1.62. The fourth-order valence-corrected chi connectivity index (χ4v) is 3.34. The van der Waals surface area contributed by atoms with Crippen LogP contribution in [0.4, 0.5) is 11.4 Å². The van der Waals surface area contributed by atoms with E-state index in [4.69, 9.17) is 4.74 Å². The van der Waals surface area contributed by atoms with Crippen molar-refractivity contribution in [2.75, 3.05) is 18.6 Å². The van der Waals surface area contributed by atoms with Crippen LogP contribution >= 0.6 is 0 Å². The van der Waals surface area contributed by atoms with Crippen molar-refractivity contribution in [1.82, 2.24) is 5.43 Å². The van der Waals surface area contributed by atoms with E-state index in [2.05, 4.69) is 49.3 Å². The van der Waals surface area contributed by atoms with Crippen LogP contribution in [0.3, 0.4) is 0 Å². The SMILES string of the molecule is CC1=CC(C)(C)N(C)c2ccc(/C=N/NC(=O)COc3ccccc3[N+](=O)[O-])cc21. The molecule has 0 saturated heterocycles. The number of nitro benzene ring substituents is 1. The lowest BCUT2D eigenvalue weighted by atomic mass is 9.89. The summed E-state index contributed by atoms with van der Waals surface area (Å²) >= 11 is 0. The van der Waals surface area contributed by atoms with E-state index in [0.717, 1.165) is 16.8 Å². The highest BCUT2D eigenvalue weighted by Gasteiger charge is 2.28. The van der Waals surface area contributed by atoms with E-state index in [-0.39, 0.29) is 23.6 Å². The van der Waals surface area contributed by atoms with Gasteiger partial charge in [-0.25, -0.2) is 5.43 Å². The van der Waals surface area contributed by atoms with E-state index in [9.17, 15) is 14.9 Å². The number of amides is 1. The minimum absolute atomic E-state index is 0.0330. The van der Waals surface area contributed by atoms with E-state index in [0.29, 0.717) is 0 Å². The van der Waals surface area contributed by atoms with E-state index in [1.165, 1.54) is 23.8 Å². The summed E-state index contributed by atoms with van der Waals surface area (Å²) in [6, 6.07) is 11.9. The van der Waals surface area contributed by atoms with Crippen molar-refractivity contribution in [2.45, 2.75) is 26.3 Å². The van der Waals surface area contributed by atoms with Gasteiger partial charge in [0.2, 0.25) is 0 Å². The van der Waals surface area contributed by atoms with Gasteiger partial charge in [0.1, 0.15) is 0 Å². The summed E-state index contributed by atoms with van der Waals surface area (Å²) in [5.74, 6) is -0.481. The highest BCUT2D eigenvalue weighted by atomic mass is 16.6. The number of allylic oxidation sites excluding steroid dienone is 1. The number of hydrogen-bond donors (Lipinski definition) is 1. The average molecular weight is 408 g/mol. The summed E-state index contributed by atoms with van der Waals surface area (Å²) in [6.07, 6.45) is 3.77. The molecule has 0 atom stereocenters. The van der Waals surface area contributed by atoms with Crippen molar-refractivity contribution < 1.29 is 14.5 Å². The number of nitro groups is 1. The van der Waals surface area contributed by atoms with Crippen LogP contribution in [-0.2, 0) is 4.79 Å². The maximum absolute atomic E-state index is 12.0. The number of likely N-dealkylation sites (N-methyl/N-ethyl adjacent to an activating group) is 1. The molecule has 8 nitrogen and oxygen atoms in total. The summed E-state index contributed by atoms with van der Waals surface area (Å²) in [4.78, 5) is 24.6. The molecule has 0 aromatic heterocycles. The number of benzene rings is 2. The number of para-hydroxylation sites is 2. The van der Waals surface area contributed by atoms with Crippen molar-refractivity contribution >= 4 is 29.1 Å². The van der Waals surface area contributed by atoms with Crippen molar-refractivity contribution in [2.24, 2.45) is 5.10 Å². The molecule has 156 valence electrons. The first-order valence-electron chi connectivity index (χ1n) is 9.45. The molecule has 0 radical (unpaired) electrons. The van der Waals surface area contributed by atoms with Gasteiger partial charge in [0.25, 0.3) is 5.91 Å². The molecule has 1 aliphatic rings. The van der Waals surface area contributed by atoms with Gasteiger partial charge in [-0.3, -0.25) is 14.9 Å². The molecule has 2 aromatic rings. The predicted molar refractivity (Wildman–Crippen MR) is 117 cm³/mol. The van der Waals surface area contributed by atoms with Gasteiger partial charge in [-0.05, 0) is 50.1 Å². The lowest BCUT2D eigenvalue weighted by Gasteiger charge is -2.40. The zero-order valence-corrected chi connectivity index (χ0v) is 17.4. The predicted octanol–water partition coefficient (Wildman–Crippen LogP) is 3.76. The second-order valence-electron chi connectivity index (χ2n) is 7.62. The molecule has 3 rings (SSSR count). The standard InChI is InChI=1S/C22H24N4O4/c1-15-12-22(2,3)25(4)18-10-9-16(11-17(15)18)13-23-24-21(27)14-30-20-8-6-5-7-19(20)26(28)29/h5-13H,14H2,1-4H3,(H,24,27)/b23-13+. The molecule has 0 unspecified atom stereocenters. The Morgan fingerprint density at radius 2 is 2.03 bits per heavy atom. The fraction of sp³-hybridized carbons (Fsp3) is 0.273. The third-order valence-corrected chi connectivity index (χ3v) is 5.06. The highest BCUT2D eigenvalue weighted by molar-refractivity contribution is 5.88. The van der Waals surface area contributed by atoms with Crippen LogP contribution < -0.4 is 15.1 Å².